The smallest absolute Gasteiger partial charge is 0.355 e. The highest BCUT2D eigenvalue weighted by atomic mass is 19.4. The van der Waals surface area contributed by atoms with Crippen molar-refractivity contribution < 1.29 is 26.7 Å². The Bertz CT molecular complexity index is 1240. The lowest BCUT2D eigenvalue weighted by Gasteiger charge is -2.38. The van der Waals surface area contributed by atoms with Gasteiger partial charge in [0, 0.05) is 25.8 Å². The van der Waals surface area contributed by atoms with E-state index in [1.807, 2.05) is 4.90 Å². The molecule has 0 bridgehead atoms. The molecule has 2 saturated heterocycles. The van der Waals surface area contributed by atoms with Gasteiger partial charge in [0.25, 0.3) is 6.43 Å². The van der Waals surface area contributed by atoms with Crippen LogP contribution in [-0.4, -0.2) is 61.6 Å². The first kappa shape index (κ1) is 23.4. The lowest BCUT2D eigenvalue weighted by Crippen LogP contribution is -2.45. The van der Waals surface area contributed by atoms with Crippen molar-refractivity contribution in [3.8, 4) is 0 Å². The van der Waals surface area contributed by atoms with Crippen molar-refractivity contribution in [3.05, 3.63) is 42.0 Å². The van der Waals surface area contributed by atoms with Gasteiger partial charge in [0.15, 0.2) is 5.65 Å². The maximum absolute atomic E-state index is 13.2. The largest absolute Gasteiger partial charge is 0.416 e. The van der Waals surface area contributed by atoms with Crippen LogP contribution in [0.1, 0.15) is 30.5 Å². The zero-order valence-corrected chi connectivity index (χ0v) is 18.5. The van der Waals surface area contributed by atoms with Gasteiger partial charge in [-0.2, -0.15) is 18.3 Å². The van der Waals surface area contributed by atoms with E-state index in [9.17, 15) is 26.7 Å². The van der Waals surface area contributed by atoms with E-state index in [4.69, 9.17) is 0 Å². The number of carbonyl (C=O) groups excluding carboxylic acids is 1. The minimum absolute atomic E-state index is 0.0322. The molecule has 2 aliphatic rings. The fourth-order valence-corrected chi connectivity index (χ4v) is 4.86. The van der Waals surface area contributed by atoms with Gasteiger partial charge in [-0.1, -0.05) is 0 Å². The Morgan fingerprint density at radius 2 is 1.80 bits per heavy atom. The summed E-state index contributed by atoms with van der Waals surface area (Å²) in [6.07, 6.45) is -1.25. The number of fused-ring (bicyclic) bond motifs is 1. The summed E-state index contributed by atoms with van der Waals surface area (Å²) in [7, 11) is 0. The number of pyridine rings is 1. The zero-order chi connectivity index (χ0) is 24.8. The fraction of sp³-hybridized carbons (Fsp3) is 0.500. The van der Waals surface area contributed by atoms with Gasteiger partial charge in [-0.05, 0) is 31.4 Å². The lowest BCUT2D eigenvalue weighted by molar-refractivity contribution is -0.137. The molecule has 3 aromatic heterocycles. The van der Waals surface area contributed by atoms with Crippen LogP contribution in [0, 0.1) is 5.41 Å². The summed E-state index contributed by atoms with van der Waals surface area (Å²) in [5.41, 5.74) is -0.461. The molecule has 2 aliphatic heterocycles. The SMILES string of the molecule is O=C1N(Cc2cc(C(F)(F)F)ccn2)CCC12CCN(c1cnc3cnn(CC(F)F)c3n1)CC2. The number of hydrogen-bond acceptors (Lipinski definition) is 6. The molecule has 1 spiro atoms. The quantitative estimate of drug-likeness (QED) is 0.504. The number of anilines is 1. The maximum Gasteiger partial charge on any atom is 0.416 e. The Balaban J connectivity index is 1.26. The number of alkyl halides is 5. The molecular formula is C22H22F5N7O. The van der Waals surface area contributed by atoms with E-state index in [2.05, 4.69) is 20.1 Å². The van der Waals surface area contributed by atoms with Gasteiger partial charge >= 0.3 is 6.18 Å². The molecular weight excluding hydrogens is 473 g/mol. The third-order valence-corrected chi connectivity index (χ3v) is 6.79. The molecule has 0 aromatic carbocycles. The van der Waals surface area contributed by atoms with Crippen molar-refractivity contribution in [2.24, 2.45) is 5.41 Å². The molecule has 0 saturated carbocycles. The summed E-state index contributed by atoms with van der Waals surface area (Å²) in [6.45, 7) is 0.949. The number of halogens is 5. The predicted octanol–water partition coefficient (Wildman–Crippen LogP) is 3.52. The second-order valence-electron chi connectivity index (χ2n) is 8.93. The average Bonchev–Trinajstić information content (AvgIpc) is 3.35. The third-order valence-electron chi connectivity index (χ3n) is 6.79. The van der Waals surface area contributed by atoms with Crippen LogP contribution in [0.2, 0.25) is 0 Å². The minimum atomic E-state index is -4.47. The molecule has 1 amide bonds. The van der Waals surface area contributed by atoms with Crippen molar-refractivity contribution in [2.45, 2.75) is 45.0 Å². The first-order valence-electron chi connectivity index (χ1n) is 11.2. The molecule has 5 rings (SSSR count). The molecule has 0 unspecified atom stereocenters. The first-order valence-corrected chi connectivity index (χ1v) is 11.2. The topological polar surface area (TPSA) is 80.0 Å². The number of likely N-dealkylation sites (tertiary alicyclic amines) is 1. The van der Waals surface area contributed by atoms with Crippen LogP contribution in [0.3, 0.4) is 0 Å². The first-order chi connectivity index (χ1) is 16.6. The Morgan fingerprint density at radius 3 is 2.51 bits per heavy atom. The van der Waals surface area contributed by atoms with E-state index >= 15 is 0 Å². The molecule has 2 fully saturated rings. The minimum Gasteiger partial charge on any atom is -0.355 e. The van der Waals surface area contributed by atoms with Crippen LogP contribution >= 0.6 is 0 Å². The molecule has 8 nitrogen and oxygen atoms in total. The van der Waals surface area contributed by atoms with Crippen molar-refractivity contribution in [1.29, 1.82) is 0 Å². The van der Waals surface area contributed by atoms with Gasteiger partial charge in [-0.15, -0.1) is 0 Å². The van der Waals surface area contributed by atoms with Crippen molar-refractivity contribution >= 4 is 22.9 Å². The van der Waals surface area contributed by atoms with Gasteiger partial charge in [0.05, 0.1) is 35.6 Å². The van der Waals surface area contributed by atoms with Gasteiger partial charge in [-0.25, -0.2) is 23.4 Å². The highest BCUT2D eigenvalue weighted by molar-refractivity contribution is 5.85. The number of rotatable bonds is 5. The molecule has 13 heteroatoms. The zero-order valence-electron chi connectivity index (χ0n) is 18.5. The normalized spacial score (nSPS) is 18.4. The number of carbonyl (C=O) groups is 1. The summed E-state index contributed by atoms with van der Waals surface area (Å²) in [5.74, 6) is 0.451. The summed E-state index contributed by atoms with van der Waals surface area (Å²) < 4.78 is 65.8. The summed E-state index contributed by atoms with van der Waals surface area (Å²) in [5, 5.41) is 3.93. The van der Waals surface area contributed by atoms with Gasteiger partial charge < -0.3 is 9.80 Å². The standard InChI is InChI=1S/C22H22F5N7O/c23-17(24)13-34-19-16(10-30-34)29-11-18(31-19)32-6-2-21(3-7-32)4-8-33(20(21)35)12-15-9-14(1-5-28-15)22(25,26)27/h1,5,9-11,17H,2-4,6-8,12-13H2. The van der Waals surface area contributed by atoms with Crippen LogP contribution in [0.25, 0.3) is 11.2 Å². The monoisotopic (exact) mass is 495 g/mol. The van der Waals surface area contributed by atoms with E-state index in [0.29, 0.717) is 50.2 Å². The van der Waals surface area contributed by atoms with Gasteiger partial charge in [0.2, 0.25) is 5.91 Å². The third kappa shape index (κ3) is 4.50. The van der Waals surface area contributed by atoms with E-state index in [1.165, 1.54) is 6.20 Å². The van der Waals surface area contributed by atoms with E-state index in [1.54, 1.807) is 11.1 Å². The summed E-state index contributed by atoms with van der Waals surface area (Å²) in [6, 6.07) is 1.89. The molecule has 3 aromatic rings. The highest BCUT2D eigenvalue weighted by Gasteiger charge is 2.48. The second-order valence-corrected chi connectivity index (χ2v) is 8.93. The Hall–Kier alpha value is -3.38. The average molecular weight is 495 g/mol. The van der Waals surface area contributed by atoms with Crippen molar-refractivity contribution in [3.63, 3.8) is 0 Å². The van der Waals surface area contributed by atoms with Crippen LogP contribution in [-0.2, 0) is 24.1 Å². The van der Waals surface area contributed by atoms with E-state index < -0.39 is 30.1 Å². The van der Waals surface area contributed by atoms with Crippen LogP contribution < -0.4 is 4.90 Å². The Morgan fingerprint density at radius 1 is 1.06 bits per heavy atom. The molecule has 35 heavy (non-hydrogen) atoms. The molecule has 0 aliphatic carbocycles. The van der Waals surface area contributed by atoms with E-state index in [-0.39, 0.29) is 23.8 Å². The van der Waals surface area contributed by atoms with Crippen LogP contribution in [0.15, 0.2) is 30.7 Å². The number of aromatic nitrogens is 5. The number of hydrogen-bond donors (Lipinski definition) is 0. The van der Waals surface area contributed by atoms with E-state index in [0.717, 1.165) is 23.0 Å². The summed E-state index contributed by atoms with van der Waals surface area (Å²) in [4.78, 5) is 29.5. The van der Waals surface area contributed by atoms with Crippen LogP contribution in [0.5, 0.6) is 0 Å². The maximum atomic E-state index is 13.2. The number of piperidine rings is 1. The number of amides is 1. The molecule has 5 heterocycles. The molecule has 0 N–H and O–H groups in total. The number of nitrogens with zero attached hydrogens (tertiary/aromatic N) is 7. The van der Waals surface area contributed by atoms with Gasteiger partial charge in [-0.3, -0.25) is 9.78 Å². The summed E-state index contributed by atoms with van der Waals surface area (Å²) >= 11 is 0. The second kappa shape index (κ2) is 8.68. The molecule has 186 valence electrons. The molecule has 0 atom stereocenters. The highest BCUT2D eigenvalue weighted by Crippen LogP contribution is 2.42. The fourth-order valence-electron chi connectivity index (χ4n) is 4.86. The predicted molar refractivity (Wildman–Crippen MR) is 114 cm³/mol. The Labute approximate surface area is 196 Å². The van der Waals surface area contributed by atoms with Crippen molar-refractivity contribution in [1.82, 2.24) is 29.6 Å². The lowest BCUT2D eigenvalue weighted by atomic mass is 9.77. The molecule has 0 radical (unpaired) electrons. The Kier molecular flexibility index (Phi) is 5.80. The van der Waals surface area contributed by atoms with Gasteiger partial charge in [0.1, 0.15) is 17.9 Å². The van der Waals surface area contributed by atoms with Crippen LogP contribution in [0.4, 0.5) is 27.8 Å². The van der Waals surface area contributed by atoms with Crippen molar-refractivity contribution in [2.75, 3.05) is 24.5 Å².